The van der Waals surface area contributed by atoms with Crippen LogP contribution < -0.4 is 0 Å². The minimum absolute atomic E-state index is 0.392. The summed E-state index contributed by atoms with van der Waals surface area (Å²) in [7, 11) is 1.78. The average molecular weight is 158 g/mol. The normalized spacial score (nSPS) is 10.0. The van der Waals surface area contributed by atoms with Crippen LogP contribution in [0.5, 0.6) is 0 Å². The fourth-order valence-corrected chi connectivity index (χ4v) is 1.12. The highest BCUT2D eigenvalue weighted by atomic mass is 15.1. The van der Waals surface area contributed by atoms with Gasteiger partial charge in [-0.25, -0.2) is 9.97 Å². The minimum Gasteiger partial charge on any atom is -0.303 e. The molecule has 0 radical (unpaired) electrons. The van der Waals surface area contributed by atoms with Crippen molar-refractivity contribution < 1.29 is 0 Å². The number of aryl methyl sites for hydroxylation is 1. The third-order valence-corrected chi connectivity index (χ3v) is 1.73. The van der Waals surface area contributed by atoms with Gasteiger partial charge in [-0.3, -0.25) is 0 Å². The number of nitrogens with zero attached hydrogens (tertiary/aromatic N) is 4. The van der Waals surface area contributed by atoms with Gasteiger partial charge in [-0.05, 0) is 12.1 Å². The van der Waals surface area contributed by atoms with Crippen LogP contribution in [0.4, 0.5) is 0 Å². The number of imidazole rings is 1. The Morgan fingerprint density at radius 2 is 2.42 bits per heavy atom. The smallest absolute Gasteiger partial charge is 0.214 e. The first kappa shape index (κ1) is 6.80. The Bertz CT molecular complexity index is 463. The summed E-state index contributed by atoms with van der Waals surface area (Å²) in [6, 6.07) is 5.64. The van der Waals surface area contributed by atoms with Crippen molar-refractivity contribution in [3.63, 3.8) is 0 Å². The van der Waals surface area contributed by atoms with Crippen LogP contribution in [0, 0.1) is 11.3 Å². The summed E-state index contributed by atoms with van der Waals surface area (Å²) < 4.78 is 1.68. The van der Waals surface area contributed by atoms with Gasteiger partial charge in [0.15, 0.2) is 5.65 Å². The molecule has 12 heavy (non-hydrogen) atoms. The standard InChI is InChI=1S/C8H6N4/c1-12-7(5-9)11-6-3-2-4-10-8(6)12/h2-4H,1H3. The summed E-state index contributed by atoms with van der Waals surface area (Å²) in [6.45, 7) is 0. The van der Waals surface area contributed by atoms with Crippen molar-refractivity contribution in [2.45, 2.75) is 0 Å². The van der Waals surface area contributed by atoms with E-state index in [4.69, 9.17) is 5.26 Å². The lowest BCUT2D eigenvalue weighted by molar-refractivity contribution is 0.906. The Balaban J connectivity index is 2.90. The number of pyridine rings is 1. The topological polar surface area (TPSA) is 54.5 Å². The van der Waals surface area contributed by atoms with Crippen molar-refractivity contribution in [1.82, 2.24) is 14.5 Å². The molecule has 4 nitrogen and oxygen atoms in total. The SMILES string of the molecule is Cn1c(C#N)nc2cccnc21. The van der Waals surface area contributed by atoms with Crippen molar-refractivity contribution >= 4 is 11.2 Å². The summed E-state index contributed by atoms with van der Waals surface area (Å²) in [5.74, 6) is 0.392. The van der Waals surface area contributed by atoms with Gasteiger partial charge in [0.25, 0.3) is 0 Å². The molecule has 0 bridgehead atoms. The lowest BCUT2D eigenvalue weighted by Crippen LogP contribution is -1.92. The molecular formula is C8H6N4. The maximum atomic E-state index is 8.66. The summed E-state index contributed by atoms with van der Waals surface area (Å²) in [6.07, 6.45) is 1.69. The Labute approximate surface area is 69.1 Å². The first-order chi connectivity index (χ1) is 5.83. The fourth-order valence-electron chi connectivity index (χ4n) is 1.12. The van der Waals surface area contributed by atoms with Crippen molar-refractivity contribution in [2.24, 2.45) is 7.05 Å². The second kappa shape index (κ2) is 2.31. The molecule has 2 aromatic rings. The van der Waals surface area contributed by atoms with E-state index in [2.05, 4.69) is 9.97 Å². The van der Waals surface area contributed by atoms with E-state index in [9.17, 15) is 0 Å². The van der Waals surface area contributed by atoms with Crippen LogP contribution in [0.15, 0.2) is 18.3 Å². The lowest BCUT2D eigenvalue weighted by Gasteiger charge is -1.91. The van der Waals surface area contributed by atoms with Gasteiger partial charge in [0, 0.05) is 13.2 Å². The van der Waals surface area contributed by atoms with Crippen LogP contribution in [0.3, 0.4) is 0 Å². The van der Waals surface area contributed by atoms with Gasteiger partial charge in [-0.2, -0.15) is 5.26 Å². The fraction of sp³-hybridized carbons (Fsp3) is 0.125. The number of rotatable bonds is 0. The van der Waals surface area contributed by atoms with Crippen LogP contribution in [0.2, 0.25) is 0 Å². The molecule has 0 aliphatic carbocycles. The van der Waals surface area contributed by atoms with Gasteiger partial charge in [0.05, 0.1) is 0 Å². The molecule has 0 saturated carbocycles. The van der Waals surface area contributed by atoms with E-state index >= 15 is 0 Å². The summed E-state index contributed by atoms with van der Waals surface area (Å²) in [5, 5.41) is 8.66. The van der Waals surface area contributed by atoms with Gasteiger partial charge in [0.1, 0.15) is 11.6 Å². The second-order valence-electron chi connectivity index (χ2n) is 2.45. The molecule has 0 spiro atoms. The molecule has 0 N–H and O–H groups in total. The predicted octanol–water partition coefficient (Wildman–Crippen LogP) is 0.840. The Hall–Kier alpha value is -1.89. The number of nitriles is 1. The van der Waals surface area contributed by atoms with Gasteiger partial charge in [-0.15, -0.1) is 0 Å². The van der Waals surface area contributed by atoms with E-state index < -0.39 is 0 Å². The van der Waals surface area contributed by atoms with E-state index in [-0.39, 0.29) is 0 Å². The summed E-state index contributed by atoms with van der Waals surface area (Å²) in [5.41, 5.74) is 1.51. The largest absolute Gasteiger partial charge is 0.303 e. The summed E-state index contributed by atoms with van der Waals surface area (Å²) >= 11 is 0. The zero-order chi connectivity index (χ0) is 8.55. The quantitative estimate of drug-likeness (QED) is 0.570. The van der Waals surface area contributed by atoms with Gasteiger partial charge >= 0.3 is 0 Å². The van der Waals surface area contributed by atoms with Gasteiger partial charge in [0.2, 0.25) is 5.82 Å². The lowest BCUT2D eigenvalue weighted by atomic mass is 10.4. The Morgan fingerprint density at radius 1 is 1.58 bits per heavy atom. The van der Waals surface area contributed by atoms with E-state index in [0.29, 0.717) is 5.82 Å². The van der Waals surface area contributed by atoms with Crippen molar-refractivity contribution in [1.29, 1.82) is 5.26 Å². The molecule has 2 aromatic heterocycles. The third kappa shape index (κ3) is 0.768. The van der Waals surface area contributed by atoms with Crippen LogP contribution in [-0.2, 0) is 7.05 Å². The number of hydrogen-bond acceptors (Lipinski definition) is 3. The minimum atomic E-state index is 0.392. The van der Waals surface area contributed by atoms with Crippen LogP contribution in [-0.4, -0.2) is 14.5 Å². The van der Waals surface area contributed by atoms with E-state index in [1.807, 2.05) is 12.1 Å². The molecule has 58 valence electrons. The molecule has 0 aromatic carbocycles. The van der Waals surface area contributed by atoms with Gasteiger partial charge in [-0.1, -0.05) is 0 Å². The average Bonchev–Trinajstić information content (AvgIpc) is 2.44. The van der Waals surface area contributed by atoms with Crippen molar-refractivity contribution in [3.05, 3.63) is 24.2 Å². The molecule has 2 rings (SSSR count). The number of hydrogen-bond donors (Lipinski definition) is 0. The zero-order valence-corrected chi connectivity index (χ0v) is 6.52. The predicted molar refractivity (Wildman–Crippen MR) is 43.2 cm³/mol. The summed E-state index contributed by atoms with van der Waals surface area (Å²) in [4.78, 5) is 8.17. The second-order valence-corrected chi connectivity index (χ2v) is 2.45. The van der Waals surface area contributed by atoms with Crippen molar-refractivity contribution in [3.8, 4) is 6.07 Å². The van der Waals surface area contributed by atoms with E-state index in [1.165, 1.54) is 0 Å². The highest BCUT2D eigenvalue weighted by Gasteiger charge is 2.05. The first-order valence-electron chi connectivity index (χ1n) is 3.50. The molecule has 2 heterocycles. The van der Waals surface area contributed by atoms with Gasteiger partial charge < -0.3 is 4.57 Å². The molecule has 0 saturated heterocycles. The van der Waals surface area contributed by atoms with E-state index in [0.717, 1.165) is 11.2 Å². The molecule has 0 fully saturated rings. The molecular weight excluding hydrogens is 152 g/mol. The Morgan fingerprint density at radius 3 is 3.08 bits per heavy atom. The monoisotopic (exact) mass is 158 g/mol. The first-order valence-corrected chi connectivity index (χ1v) is 3.50. The molecule has 0 unspecified atom stereocenters. The molecule has 0 aliphatic heterocycles. The third-order valence-electron chi connectivity index (χ3n) is 1.73. The highest BCUT2D eigenvalue weighted by Crippen LogP contribution is 2.09. The van der Waals surface area contributed by atoms with E-state index in [1.54, 1.807) is 23.9 Å². The highest BCUT2D eigenvalue weighted by molar-refractivity contribution is 5.71. The zero-order valence-electron chi connectivity index (χ0n) is 6.52. The number of aromatic nitrogens is 3. The molecule has 0 aliphatic rings. The van der Waals surface area contributed by atoms with Crippen LogP contribution in [0.25, 0.3) is 11.2 Å². The Kier molecular flexibility index (Phi) is 1.31. The molecule has 0 amide bonds. The van der Waals surface area contributed by atoms with Crippen LogP contribution in [0.1, 0.15) is 5.82 Å². The van der Waals surface area contributed by atoms with Crippen molar-refractivity contribution in [2.75, 3.05) is 0 Å². The number of fused-ring (bicyclic) bond motifs is 1. The molecule has 4 heteroatoms. The van der Waals surface area contributed by atoms with Crippen LogP contribution >= 0.6 is 0 Å². The molecule has 0 atom stereocenters. The maximum absolute atomic E-state index is 8.66. The maximum Gasteiger partial charge on any atom is 0.214 e.